The number of aromatic nitrogens is 3. The van der Waals surface area contributed by atoms with Gasteiger partial charge in [-0.3, -0.25) is 0 Å². The lowest BCUT2D eigenvalue weighted by Crippen LogP contribution is -2.37. The molecule has 5 nitrogen and oxygen atoms in total. The van der Waals surface area contributed by atoms with Crippen molar-refractivity contribution in [1.82, 2.24) is 25.0 Å². The van der Waals surface area contributed by atoms with Crippen molar-refractivity contribution >= 4 is 11.8 Å². The molecule has 1 unspecified atom stereocenters. The Bertz CT molecular complexity index is 719. The fourth-order valence-corrected chi connectivity index (χ4v) is 4.34. The number of hydrogen-bond donors (Lipinski definition) is 1. The minimum atomic E-state index is 0.250. The molecule has 0 saturated heterocycles. The maximum atomic E-state index is 4.29. The van der Waals surface area contributed by atoms with Crippen molar-refractivity contribution in [3.8, 4) is 0 Å². The van der Waals surface area contributed by atoms with E-state index in [9.17, 15) is 0 Å². The summed E-state index contributed by atoms with van der Waals surface area (Å²) < 4.78 is 2.25. The molecular weight excluding hydrogens is 390 g/mol. The van der Waals surface area contributed by atoms with E-state index >= 15 is 0 Å². The number of hydrogen-bond acceptors (Lipinski definition) is 5. The molecule has 0 aromatic carbocycles. The van der Waals surface area contributed by atoms with Gasteiger partial charge in [-0.05, 0) is 52.5 Å². The molecule has 0 aliphatic heterocycles. The summed E-state index contributed by atoms with van der Waals surface area (Å²) in [6.45, 7) is 20.5. The van der Waals surface area contributed by atoms with Crippen LogP contribution in [0.1, 0.15) is 58.6 Å². The molecule has 1 aromatic rings. The summed E-state index contributed by atoms with van der Waals surface area (Å²) in [5, 5.41) is 12.1. The van der Waals surface area contributed by atoms with E-state index in [-0.39, 0.29) is 6.04 Å². The van der Waals surface area contributed by atoms with Crippen molar-refractivity contribution in [2.45, 2.75) is 78.9 Å². The number of nitrogens with one attached hydrogen (secondary N) is 1. The first-order valence-corrected chi connectivity index (χ1v) is 12.2. The van der Waals surface area contributed by atoms with E-state index in [4.69, 9.17) is 0 Å². The fraction of sp³-hybridized carbons (Fsp3) is 0.583. The van der Waals surface area contributed by atoms with Crippen molar-refractivity contribution in [2.75, 3.05) is 12.8 Å². The van der Waals surface area contributed by atoms with Gasteiger partial charge in [0, 0.05) is 36.2 Å². The van der Waals surface area contributed by atoms with Crippen molar-refractivity contribution in [1.29, 1.82) is 0 Å². The summed E-state index contributed by atoms with van der Waals surface area (Å²) in [6.07, 6.45) is 14.5. The Labute approximate surface area is 188 Å². The average molecular weight is 432 g/mol. The topological polar surface area (TPSA) is 46.0 Å². The third-order valence-electron chi connectivity index (χ3n) is 5.32. The van der Waals surface area contributed by atoms with Crippen LogP contribution in [0.3, 0.4) is 0 Å². The minimum absolute atomic E-state index is 0.250. The van der Waals surface area contributed by atoms with Gasteiger partial charge in [0.05, 0.1) is 6.04 Å². The van der Waals surface area contributed by atoms with Gasteiger partial charge in [0.1, 0.15) is 11.6 Å². The number of rotatable bonds is 15. The lowest BCUT2D eigenvalue weighted by molar-refractivity contribution is 0.239. The van der Waals surface area contributed by atoms with E-state index in [2.05, 4.69) is 76.5 Å². The number of nitrogens with zero attached hydrogens (tertiary/aromatic N) is 4. The second-order valence-electron chi connectivity index (χ2n) is 7.50. The van der Waals surface area contributed by atoms with E-state index in [1.54, 1.807) is 11.8 Å². The number of aryl methyl sites for hydroxylation is 2. The van der Waals surface area contributed by atoms with E-state index in [0.717, 1.165) is 56.1 Å². The first-order chi connectivity index (χ1) is 14.4. The van der Waals surface area contributed by atoms with Gasteiger partial charge in [0.15, 0.2) is 0 Å². The van der Waals surface area contributed by atoms with Crippen LogP contribution in [-0.2, 0) is 13.0 Å². The van der Waals surface area contributed by atoms with E-state index in [1.807, 2.05) is 27.0 Å². The molecule has 168 valence electrons. The molecule has 1 N–H and O–H groups in total. The highest BCUT2D eigenvalue weighted by atomic mass is 32.2. The number of allylic oxidation sites excluding steroid dienone is 4. The van der Waals surface area contributed by atoms with Crippen LogP contribution in [0.2, 0.25) is 0 Å². The van der Waals surface area contributed by atoms with Crippen LogP contribution < -0.4 is 5.32 Å². The highest BCUT2D eigenvalue weighted by molar-refractivity contribution is 8.02. The normalized spacial score (nSPS) is 14.0. The van der Waals surface area contributed by atoms with Crippen LogP contribution in [0, 0.1) is 6.92 Å². The molecule has 1 aromatic heterocycles. The third kappa shape index (κ3) is 8.05. The number of thioether (sulfide) groups is 1. The first-order valence-electron chi connectivity index (χ1n) is 11.0. The molecule has 0 amide bonds. The Morgan fingerprint density at radius 1 is 1.30 bits per heavy atom. The largest absolute Gasteiger partial charge is 0.382 e. The monoisotopic (exact) mass is 431 g/mol. The summed E-state index contributed by atoms with van der Waals surface area (Å²) in [5.74, 6) is 2.06. The zero-order chi connectivity index (χ0) is 22.5. The maximum absolute atomic E-state index is 4.29. The van der Waals surface area contributed by atoms with Crippen molar-refractivity contribution in [2.24, 2.45) is 0 Å². The SMILES string of the molecule is C=CN(CC[C@H](NC(=C)C)/C(=C/C=C\C)SC)C(CC)CCn1c(C)nnc1CC. The zero-order valence-corrected chi connectivity index (χ0v) is 20.6. The molecule has 1 rings (SSSR count). The molecular formula is C24H41N5S. The third-order valence-corrected chi connectivity index (χ3v) is 6.21. The molecule has 0 radical (unpaired) electrons. The zero-order valence-electron chi connectivity index (χ0n) is 19.8. The predicted molar refractivity (Wildman–Crippen MR) is 133 cm³/mol. The van der Waals surface area contributed by atoms with Crippen molar-refractivity contribution in [3.05, 3.63) is 59.8 Å². The Morgan fingerprint density at radius 2 is 2.03 bits per heavy atom. The smallest absolute Gasteiger partial charge is 0.132 e. The second-order valence-corrected chi connectivity index (χ2v) is 8.38. The molecule has 2 atom stereocenters. The fourth-order valence-electron chi connectivity index (χ4n) is 3.66. The van der Waals surface area contributed by atoms with Crippen LogP contribution in [0.4, 0.5) is 0 Å². The quantitative estimate of drug-likeness (QED) is 0.373. The summed E-state index contributed by atoms with van der Waals surface area (Å²) in [7, 11) is 0. The summed E-state index contributed by atoms with van der Waals surface area (Å²) in [4.78, 5) is 3.72. The van der Waals surface area contributed by atoms with Gasteiger partial charge in [-0.1, -0.05) is 45.2 Å². The lowest BCUT2D eigenvalue weighted by Gasteiger charge is -2.32. The van der Waals surface area contributed by atoms with Crippen molar-refractivity contribution in [3.63, 3.8) is 0 Å². The highest BCUT2D eigenvalue weighted by Gasteiger charge is 2.19. The highest BCUT2D eigenvalue weighted by Crippen LogP contribution is 2.22. The Hall–Kier alpha value is -1.95. The molecule has 0 fully saturated rings. The second kappa shape index (κ2) is 14.1. The van der Waals surface area contributed by atoms with Crippen molar-refractivity contribution < 1.29 is 0 Å². The molecule has 1 heterocycles. The summed E-state index contributed by atoms with van der Waals surface area (Å²) in [5.41, 5.74) is 0.993. The van der Waals surface area contributed by atoms with E-state index in [0.29, 0.717) is 6.04 Å². The van der Waals surface area contributed by atoms with Crippen LogP contribution >= 0.6 is 11.8 Å². The van der Waals surface area contributed by atoms with Gasteiger partial charge in [0.25, 0.3) is 0 Å². The van der Waals surface area contributed by atoms with Crippen LogP contribution in [0.25, 0.3) is 0 Å². The summed E-state index contributed by atoms with van der Waals surface area (Å²) in [6, 6.07) is 0.692. The van der Waals surface area contributed by atoms with Crippen LogP contribution in [0.15, 0.2) is 48.2 Å². The van der Waals surface area contributed by atoms with Gasteiger partial charge < -0.3 is 14.8 Å². The van der Waals surface area contributed by atoms with Gasteiger partial charge in [-0.15, -0.1) is 22.0 Å². The maximum Gasteiger partial charge on any atom is 0.132 e. The molecule has 0 aliphatic rings. The molecule has 0 saturated carbocycles. The molecule has 6 heteroatoms. The Morgan fingerprint density at radius 3 is 2.57 bits per heavy atom. The van der Waals surface area contributed by atoms with Gasteiger partial charge in [0.2, 0.25) is 0 Å². The van der Waals surface area contributed by atoms with E-state index in [1.165, 1.54) is 4.91 Å². The summed E-state index contributed by atoms with van der Waals surface area (Å²) >= 11 is 1.79. The van der Waals surface area contributed by atoms with E-state index < -0.39 is 0 Å². The Balaban J connectivity index is 2.84. The molecule has 0 spiro atoms. The predicted octanol–water partition coefficient (Wildman–Crippen LogP) is 5.47. The molecule has 0 bridgehead atoms. The lowest BCUT2D eigenvalue weighted by atomic mass is 10.1. The van der Waals surface area contributed by atoms with Crippen LogP contribution in [0.5, 0.6) is 0 Å². The molecule has 0 aliphatic carbocycles. The Kier molecular flexibility index (Phi) is 12.3. The van der Waals surface area contributed by atoms with Crippen LogP contribution in [-0.4, -0.2) is 44.5 Å². The van der Waals surface area contributed by atoms with Gasteiger partial charge >= 0.3 is 0 Å². The van der Waals surface area contributed by atoms with Gasteiger partial charge in [-0.25, -0.2) is 0 Å². The first kappa shape index (κ1) is 26.1. The van der Waals surface area contributed by atoms with Gasteiger partial charge in [-0.2, -0.15) is 0 Å². The standard InChI is InChI=1S/C24H41N5S/c1-9-13-14-23(30-8)22(25-19(5)6)16-17-28(12-4)21(10-2)15-18-29-20(7)26-27-24(29)11-3/h9,12-14,21-22,25H,4-5,10-11,15-18H2,1-3,6-8H3/b13-9-,23-14-/t21?,22-/m0/s1. The average Bonchev–Trinajstić information content (AvgIpc) is 3.09. The molecule has 30 heavy (non-hydrogen) atoms. The minimum Gasteiger partial charge on any atom is -0.382 e.